The van der Waals surface area contributed by atoms with Crippen molar-refractivity contribution in [1.29, 1.82) is 0 Å². The van der Waals surface area contributed by atoms with Crippen LogP contribution in [0.4, 0.5) is 5.13 Å². The fourth-order valence-corrected chi connectivity index (χ4v) is 4.40. The van der Waals surface area contributed by atoms with Crippen LogP contribution >= 0.6 is 34.9 Å². The molecule has 0 fully saturated rings. The van der Waals surface area contributed by atoms with Gasteiger partial charge in [0, 0.05) is 33.3 Å². The zero-order valence-electron chi connectivity index (χ0n) is 15.4. The molecule has 0 unspecified atom stereocenters. The third-order valence-corrected chi connectivity index (χ3v) is 6.10. The van der Waals surface area contributed by atoms with Crippen LogP contribution in [0, 0.1) is 13.8 Å². The minimum absolute atomic E-state index is 0.308. The lowest BCUT2D eigenvalue weighted by Gasteiger charge is -2.09. The van der Waals surface area contributed by atoms with E-state index in [2.05, 4.69) is 35.5 Å². The first-order chi connectivity index (χ1) is 14.1. The number of thiazole rings is 1. The standard InChI is InChI=1S/C18H15N7OS3/c1-10-3-4-12(9-20-10)28-13-5-6-14(29-18-21-11(2)24-25-18)22-15(13)16(26)23-17-19-7-8-27-17/h3-9H,1-2H3,(H,19,23,26)(H,21,24,25). The van der Waals surface area contributed by atoms with Crippen LogP contribution in [0.5, 0.6) is 0 Å². The highest BCUT2D eigenvalue weighted by molar-refractivity contribution is 7.99. The van der Waals surface area contributed by atoms with E-state index in [0.717, 1.165) is 15.5 Å². The average molecular weight is 442 g/mol. The Morgan fingerprint density at radius 2 is 2.00 bits per heavy atom. The van der Waals surface area contributed by atoms with E-state index in [1.54, 1.807) is 17.8 Å². The summed E-state index contributed by atoms with van der Waals surface area (Å²) in [7, 11) is 0. The Morgan fingerprint density at radius 3 is 2.69 bits per heavy atom. The van der Waals surface area contributed by atoms with E-state index >= 15 is 0 Å². The van der Waals surface area contributed by atoms with Crippen LogP contribution in [0.2, 0.25) is 0 Å². The zero-order valence-corrected chi connectivity index (χ0v) is 17.9. The summed E-state index contributed by atoms with van der Waals surface area (Å²) in [5.41, 5.74) is 1.24. The SMILES string of the molecule is Cc1ccc(Sc2ccc(Sc3n[nH]c(C)n3)nc2C(=O)Nc2nccs2)cn1. The van der Waals surface area contributed by atoms with Crippen molar-refractivity contribution in [2.45, 2.75) is 33.8 Å². The van der Waals surface area contributed by atoms with Gasteiger partial charge in [0.1, 0.15) is 16.5 Å². The number of carbonyl (C=O) groups is 1. The number of amides is 1. The minimum atomic E-state index is -0.323. The van der Waals surface area contributed by atoms with Crippen LogP contribution < -0.4 is 5.32 Å². The molecule has 0 spiro atoms. The second-order valence-corrected chi connectivity index (χ2v) is 8.83. The first-order valence-corrected chi connectivity index (χ1v) is 11.0. The van der Waals surface area contributed by atoms with Gasteiger partial charge in [0.05, 0.1) is 0 Å². The summed E-state index contributed by atoms with van der Waals surface area (Å²) in [5, 5.41) is 13.2. The van der Waals surface area contributed by atoms with Gasteiger partial charge in [-0.3, -0.25) is 20.2 Å². The second kappa shape index (κ2) is 8.72. The van der Waals surface area contributed by atoms with Crippen molar-refractivity contribution < 1.29 is 4.79 Å². The molecule has 1 amide bonds. The fraction of sp³-hybridized carbons (Fsp3) is 0.111. The largest absolute Gasteiger partial charge is 0.296 e. The molecule has 4 aromatic rings. The lowest BCUT2D eigenvalue weighted by Crippen LogP contribution is -2.15. The molecule has 4 heterocycles. The van der Waals surface area contributed by atoms with Gasteiger partial charge in [0.15, 0.2) is 5.13 Å². The lowest BCUT2D eigenvalue weighted by molar-refractivity contribution is 0.101. The fourth-order valence-electron chi connectivity index (χ4n) is 2.27. The Morgan fingerprint density at radius 1 is 1.10 bits per heavy atom. The highest BCUT2D eigenvalue weighted by atomic mass is 32.2. The number of hydrogen-bond acceptors (Lipinski definition) is 9. The molecule has 8 nitrogen and oxygen atoms in total. The number of hydrogen-bond donors (Lipinski definition) is 2. The van der Waals surface area contributed by atoms with Crippen molar-refractivity contribution in [1.82, 2.24) is 30.1 Å². The first-order valence-electron chi connectivity index (χ1n) is 8.46. The summed E-state index contributed by atoms with van der Waals surface area (Å²) in [6.07, 6.45) is 3.42. The van der Waals surface area contributed by atoms with E-state index in [1.807, 2.05) is 38.1 Å². The van der Waals surface area contributed by atoms with Gasteiger partial charge in [0.2, 0.25) is 5.16 Å². The number of H-pyrrole nitrogens is 1. The summed E-state index contributed by atoms with van der Waals surface area (Å²) >= 11 is 4.07. The smallest absolute Gasteiger partial charge is 0.277 e. The van der Waals surface area contributed by atoms with Crippen LogP contribution in [0.1, 0.15) is 22.0 Å². The van der Waals surface area contributed by atoms with E-state index in [-0.39, 0.29) is 5.91 Å². The molecule has 0 radical (unpaired) electrons. The molecule has 0 aliphatic rings. The van der Waals surface area contributed by atoms with Crippen LogP contribution in [-0.4, -0.2) is 36.0 Å². The predicted octanol–water partition coefficient (Wildman–Crippen LogP) is 4.22. The van der Waals surface area contributed by atoms with Gasteiger partial charge in [-0.05, 0) is 49.9 Å². The number of anilines is 1. The van der Waals surface area contributed by atoms with E-state index in [4.69, 9.17) is 0 Å². The molecule has 0 saturated heterocycles. The number of rotatable bonds is 6. The zero-order chi connectivity index (χ0) is 20.2. The number of nitrogens with one attached hydrogen (secondary N) is 2. The Labute approximate surface area is 179 Å². The molecule has 0 aromatic carbocycles. The number of pyridine rings is 2. The van der Waals surface area contributed by atoms with Gasteiger partial charge >= 0.3 is 0 Å². The van der Waals surface area contributed by atoms with Crippen LogP contribution in [-0.2, 0) is 0 Å². The quantitative estimate of drug-likeness (QED) is 0.458. The molecule has 0 atom stereocenters. The number of aromatic nitrogens is 6. The Hall–Kier alpha value is -2.76. The summed E-state index contributed by atoms with van der Waals surface area (Å²) < 4.78 is 0. The predicted molar refractivity (Wildman–Crippen MR) is 113 cm³/mol. The van der Waals surface area contributed by atoms with Crippen molar-refractivity contribution in [3.8, 4) is 0 Å². The van der Waals surface area contributed by atoms with E-state index < -0.39 is 0 Å². The number of nitrogens with zero attached hydrogens (tertiary/aromatic N) is 5. The number of carbonyl (C=O) groups excluding carboxylic acids is 1. The number of aryl methyl sites for hydroxylation is 2. The van der Waals surface area contributed by atoms with Gasteiger partial charge in [-0.2, -0.15) is 0 Å². The Balaban J connectivity index is 1.64. The molecular formula is C18H15N7OS3. The number of aromatic amines is 1. The first kappa shape index (κ1) is 19.6. The third kappa shape index (κ3) is 5.00. The Kier molecular flexibility index (Phi) is 5.88. The van der Waals surface area contributed by atoms with Crippen molar-refractivity contribution in [2.24, 2.45) is 0 Å². The second-order valence-electron chi connectivity index (χ2n) is 5.83. The molecule has 4 aromatic heterocycles. The van der Waals surface area contributed by atoms with Gasteiger partial charge in [-0.15, -0.1) is 16.4 Å². The molecule has 29 heavy (non-hydrogen) atoms. The van der Waals surface area contributed by atoms with Gasteiger partial charge in [-0.1, -0.05) is 11.8 Å². The van der Waals surface area contributed by atoms with Crippen LogP contribution in [0.25, 0.3) is 0 Å². The third-order valence-electron chi connectivity index (χ3n) is 3.59. The molecule has 0 bridgehead atoms. The topological polar surface area (TPSA) is 109 Å². The molecule has 0 aliphatic heterocycles. The Bertz CT molecular complexity index is 1130. The lowest BCUT2D eigenvalue weighted by atomic mass is 10.3. The van der Waals surface area contributed by atoms with Gasteiger partial charge < -0.3 is 0 Å². The molecular weight excluding hydrogens is 426 g/mol. The summed E-state index contributed by atoms with van der Waals surface area (Å²) in [6.45, 7) is 3.76. The average Bonchev–Trinajstić information content (AvgIpc) is 3.36. The maximum Gasteiger partial charge on any atom is 0.277 e. The molecule has 11 heteroatoms. The van der Waals surface area contributed by atoms with Crippen LogP contribution in [0.3, 0.4) is 0 Å². The van der Waals surface area contributed by atoms with E-state index in [0.29, 0.717) is 26.8 Å². The molecule has 0 saturated carbocycles. The van der Waals surface area contributed by atoms with Gasteiger partial charge in [-0.25, -0.2) is 15.0 Å². The van der Waals surface area contributed by atoms with Crippen molar-refractivity contribution in [2.75, 3.05) is 5.32 Å². The van der Waals surface area contributed by atoms with E-state index in [1.165, 1.54) is 34.9 Å². The normalized spacial score (nSPS) is 10.8. The molecule has 4 rings (SSSR count). The highest BCUT2D eigenvalue weighted by Crippen LogP contribution is 2.32. The highest BCUT2D eigenvalue weighted by Gasteiger charge is 2.18. The maximum atomic E-state index is 12.9. The van der Waals surface area contributed by atoms with Crippen LogP contribution in [0.15, 0.2) is 62.0 Å². The summed E-state index contributed by atoms with van der Waals surface area (Å²) in [4.78, 5) is 31.8. The van der Waals surface area contributed by atoms with Crippen molar-refractivity contribution in [3.63, 3.8) is 0 Å². The van der Waals surface area contributed by atoms with Gasteiger partial charge in [0.25, 0.3) is 5.91 Å². The maximum absolute atomic E-state index is 12.9. The summed E-state index contributed by atoms with van der Waals surface area (Å²) in [6, 6.07) is 7.62. The molecule has 146 valence electrons. The summed E-state index contributed by atoms with van der Waals surface area (Å²) in [5.74, 6) is 0.393. The monoisotopic (exact) mass is 441 g/mol. The molecule has 0 aliphatic carbocycles. The van der Waals surface area contributed by atoms with Crippen molar-refractivity contribution in [3.05, 3.63) is 59.3 Å². The molecule has 2 N–H and O–H groups in total. The van der Waals surface area contributed by atoms with Crippen molar-refractivity contribution >= 4 is 45.9 Å². The van der Waals surface area contributed by atoms with E-state index in [9.17, 15) is 4.79 Å². The minimum Gasteiger partial charge on any atom is -0.296 e.